The van der Waals surface area contributed by atoms with Crippen molar-refractivity contribution >= 4 is 29.1 Å². The molecule has 6 nitrogen and oxygen atoms in total. The summed E-state index contributed by atoms with van der Waals surface area (Å²) in [6.07, 6.45) is -4.40. The molecule has 1 aliphatic heterocycles. The Balaban J connectivity index is 1.66. The number of piperazine rings is 1. The molecule has 0 amide bonds. The van der Waals surface area contributed by atoms with Crippen molar-refractivity contribution in [2.75, 3.05) is 25.0 Å². The lowest BCUT2D eigenvalue weighted by atomic mass is 10.1. The van der Waals surface area contributed by atoms with Crippen molar-refractivity contribution in [3.8, 4) is 0 Å². The number of aryl methyl sites for hydroxylation is 2. The van der Waals surface area contributed by atoms with Crippen molar-refractivity contribution in [3.63, 3.8) is 0 Å². The maximum Gasteiger partial charge on any atom is 0.416 e. The quantitative estimate of drug-likeness (QED) is 0.686. The van der Waals surface area contributed by atoms with Crippen molar-refractivity contribution in [1.82, 2.24) is 14.8 Å². The van der Waals surface area contributed by atoms with Crippen LogP contribution in [0.5, 0.6) is 0 Å². The third-order valence-corrected chi connectivity index (χ3v) is 5.42. The highest BCUT2D eigenvalue weighted by Crippen LogP contribution is 2.29. The van der Waals surface area contributed by atoms with E-state index in [1.54, 1.807) is 9.80 Å². The molecule has 31 heavy (non-hydrogen) atoms. The predicted octanol–water partition coefficient (Wildman–Crippen LogP) is 3.69. The number of anilines is 1. The third-order valence-electron chi connectivity index (χ3n) is 5.06. The number of benzene rings is 1. The van der Waals surface area contributed by atoms with E-state index in [0.717, 1.165) is 23.4 Å². The minimum Gasteiger partial charge on any atom is -0.480 e. The Hall–Kier alpha value is -2.72. The summed E-state index contributed by atoms with van der Waals surface area (Å²) in [5.74, 6) is -0.412. The monoisotopic (exact) mass is 452 g/mol. The first kappa shape index (κ1) is 23.0. The average Bonchev–Trinajstić information content (AvgIpc) is 2.67. The topological polar surface area (TPSA) is 68.7 Å². The van der Waals surface area contributed by atoms with Crippen LogP contribution in [0.25, 0.3) is 0 Å². The highest BCUT2D eigenvalue weighted by atomic mass is 32.1. The fraction of sp³-hybridized carbons (Fsp3) is 0.381. The molecule has 1 aliphatic rings. The van der Waals surface area contributed by atoms with Crippen molar-refractivity contribution in [1.29, 1.82) is 0 Å². The van der Waals surface area contributed by atoms with Gasteiger partial charge in [-0.3, -0.25) is 9.69 Å². The van der Waals surface area contributed by atoms with E-state index in [1.165, 1.54) is 12.1 Å². The predicted molar refractivity (Wildman–Crippen MR) is 115 cm³/mol. The molecule has 1 aromatic heterocycles. The van der Waals surface area contributed by atoms with Gasteiger partial charge in [0.1, 0.15) is 11.9 Å². The number of aliphatic carboxylic acids is 1. The Morgan fingerprint density at radius 2 is 1.90 bits per heavy atom. The van der Waals surface area contributed by atoms with E-state index in [-0.39, 0.29) is 13.1 Å². The van der Waals surface area contributed by atoms with Crippen LogP contribution < -0.4 is 5.32 Å². The number of pyridine rings is 1. The molecular weight excluding hydrogens is 429 g/mol. The van der Waals surface area contributed by atoms with Crippen molar-refractivity contribution < 1.29 is 23.1 Å². The summed E-state index contributed by atoms with van der Waals surface area (Å²) in [5.41, 5.74) is 1.76. The van der Waals surface area contributed by atoms with Crippen LogP contribution in [0.1, 0.15) is 22.4 Å². The second kappa shape index (κ2) is 9.19. The van der Waals surface area contributed by atoms with Gasteiger partial charge in [0.25, 0.3) is 0 Å². The van der Waals surface area contributed by atoms with Crippen LogP contribution in [-0.2, 0) is 17.5 Å². The first-order chi connectivity index (χ1) is 14.5. The Bertz CT molecular complexity index is 946. The molecular formula is C21H23F3N4O2S. The summed E-state index contributed by atoms with van der Waals surface area (Å²) in [5, 5.41) is 13.2. The zero-order valence-corrected chi connectivity index (χ0v) is 17.9. The SMILES string of the molecule is Cc1cc(C)nc(NC(=S)N2CCN(Cc3ccc(C(F)(F)F)cc3)C(C(=O)O)C2)c1. The van der Waals surface area contributed by atoms with Crippen LogP contribution in [0.4, 0.5) is 19.0 Å². The van der Waals surface area contributed by atoms with E-state index in [4.69, 9.17) is 12.2 Å². The smallest absolute Gasteiger partial charge is 0.416 e. The molecule has 1 atom stereocenters. The van der Waals surface area contributed by atoms with Gasteiger partial charge in [0.15, 0.2) is 5.11 Å². The lowest BCUT2D eigenvalue weighted by Gasteiger charge is -2.40. The van der Waals surface area contributed by atoms with E-state index < -0.39 is 23.8 Å². The number of carboxylic acids is 1. The van der Waals surface area contributed by atoms with E-state index >= 15 is 0 Å². The first-order valence-corrected chi connectivity index (χ1v) is 10.1. The molecule has 0 radical (unpaired) electrons. The third kappa shape index (κ3) is 5.92. The minimum atomic E-state index is -4.40. The lowest BCUT2D eigenvalue weighted by molar-refractivity contribution is -0.145. The number of hydrogen-bond donors (Lipinski definition) is 2. The Labute approximate surface area is 183 Å². The summed E-state index contributed by atoms with van der Waals surface area (Å²) in [6, 6.07) is 7.74. The van der Waals surface area contributed by atoms with Gasteiger partial charge >= 0.3 is 12.1 Å². The Morgan fingerprint density at radius 3 is 2.48 bits per heavy atom. The standard InChI is InChI=1S/C21H23F3N4O2S/c1-13-9-14(2)25-18(10-13)26-20(31)28-8-7-27(17(12-28)19(29)30)11-15-3-5-16(6-4-15)21(22,23)24/h3-6,9-10,17H,7-8,11-12H2,1-2H3,(H,29,30)(H,25,26,31). The van der Waals surface area contributed by atoms with Crippen molar-refractivity contribution in [2.45, 2.75) is 32.6 Å². The van der Waals surface area contributed by atoms with Crippen LogP contribution in [0.3, 0.4) is 0 Å². The number of nitrogens with one attached hydrogen (secondary N) is 1. The molecule has 0 aliphatic carbocycles. The number of alkyl halides is 3. The van der Waals surface area contributed by atoms with Gasteiger partial charge in [-0.15, -0.1) is 0 Å². The first-order valence-electron chi connectivity index (χ1n) is 9.67. The molecule has 166 valence electrons. The van der Waals surface area contributed by atoms with Gasteiger partial charge in [-0.1, -0.05) is 12.1 Å². The van der Waals surface area contributed by atoms with Gasteiger partial charge in [0.2, 0.25) is 0 Å². The number of halogens is 3. The summed E-state index contributed by atoms with van der Waals surface area (Å²) >= 11 is 5.46. The Morgan fingerprint density at radius 1 is 1.23 bits per heavy atom. The number of nitrogens with zero attached hydrogens (tertiary/aromatic N) is 3. The molecule has 0 saturated carbocycles. The van der Waals surface area contributed by atoms with E-state index in [2.05, 4.69) is 10.3 Å². The van der Waals surface area contributed by atoms with E-state index in [1.807, 2.05) is 26.0 Å². The summed E-state index contributed by atoms with van der Waals surface area (Å²) in [7, 11) is 0. The fourth-order valence-corrected chi connectivity index (χ4v) is 3.83. The van der Waals surface area contributed by atoms with E-state index in [0.29, 0.717) is 29.6 Å². The van der Waals surface area contributed by atoms with Gasteiger partial charge in [0, 0.05) is 31.9 Å². The molecule has 2 aromatic rings. The maximum atomic E-state index is 12.7. The van der Waals surface area contributed by atoms with Gasteiger partial charge in [-0.2, -0.15) is 13.2 Å². The molecule has 1 fully saturated rings. The number of carbonyl (C=O) groups is 1. The van der Waals surface area contributed by atoms with Gasteiger partial charge in [-0.05, 0) is 61.5 Å². The fourth-order valence-electron chi connectivity index (χ4n) is 3.56. The summed E-state index contributed by atoms with van der Waals surface area (Å²) in [6.45, 7) is 5.11. The summed E-state index contributed by atoms with van der Waals surface area (Å²) < 4.78 is 38.2. The molecule has 10 heteroatoms. The molecule has 1 saturated heterocycles. The molecule has 0 bridgehead atoms. The van der Waals surface area contributed by atoms with Crippen molar-refractivity contribution in [3.05, 3.63) is 58.8 Å². The molecule has 2 heterocycles. The average molecular weight is 453 g/mol. The highest BCUT2D eigenvalue weighted by molar-refractivity contribution is 7.80. The number of carboxylic acid groups (broad SMARTS) is 1. The molecule has 1 unspecified atom stereocenters. The van der Waals surface area contributed by atoms with Crippen LogP contribution in [0.15, 0.2) is 36.4 Å². The normalized spacial score (nSPS) is 17.5. The Kier molecular flexibility index (Phi) is 6.80. The minimum absolute atomic E-state index is 0.159. The maximum absolute atomic E-state index is 12.7. The van der Waals surface area contributed by atoms with Crippen LogP contribution >= 0.6 is 12.2 Å². The zero-order valence-electron chi connectivity index (χ0n) is 17.1. The molecule has 0 spiro atoms. The van der Waals surface area contributed by atoms with E-state index in [9.17, 15) is 23.1 Å². The number of rotatable bonds is 4. The lowest BCUT2D eigenvalue weighted by Crippen LogP contribution is -2.58. The van der Waals surface area contributed by atoms with Gasteiger partial charge < -0.3 is 15.3 Å². The second-order valence-corrected chi connectivity index (χ2v) is 7.95. The molecule has 3 rings (SSSR count). The number of aromatic nitrogens is 1. The molecule has 1 aromatic carbocycles. The second-order valence-electron chi connectivity index (χ2n) is 7.57. The molecule has 2 N–H and O–H groups in total. The van der Waals surface area contributed by atoms with Crippen LogP contribution in [-0.4, -0.2) is 56.6 Å². The van der Waals surface area contributed by atoms with Gasteiger partial charge in [0.05, 0.1) is 5.56 Å². The summed E-state index contributed by atoms with van der Waals surface area (Å²) in [4.78, 5) is 19.8. The largest absolute Gasteiger partial charge is 0.480 e. The number of hydrogen-bond acceptors (Lipinski definition) is 4. The van der Waals surface area contributed by atoms with Crippen LogP contribution in [0, 0.1) is 13.8 Å². The van der Waals surface area contributed by atoms with Crippen molar-refractivity contribution in [2.24, 2.45) is 0 Å². The zero-order chi connectivity index (χ0) is 22.8. The highest BCUT2D eigenvalue weighted by Gasteiger charge is 2.34. The number of thiocarbonyl (C=S) groups is 1. The van der Waals surface area contributed by atoms with Gasteiger partial charge in [-0.25, -0.2) is 4.98 Å². The van der Waals surface area contributed by atoms with Crippen LogP contribution in [0.2, 0.25) is 0 Å².